The van der Waals surface area contributed by atoms with Gasteiger partial charge in [0.15, 0.2) is 0 Å². The summed E-state index contributed by atoms with van der Waals surface area (Å²) in [6, 6.07) is 4.99. The van der Waals surface area contributed by atoms with Crippen molar-refractivity contribution in [3.63, 3.8) is 0 Å². The summed E-state index contributed by atoms with van der Waals surface area (Å²) in [5, 5.41) is 8.91. The van der Waals surface area contributed by atoms with E-state index < -0.39 is 21.7 Å². The van der Waals surface area contributed by atoms with Crippen LogP contribution in [0.4, 0.5) is 0 Å². The number of sulfone groups is 1. The van der Waals surface area contributed by atoms with E-state index in [1.54, 1.807) is 18.2 Å². The average Bonchev–Trinajstić information content (AvgIpc) is 2.50. The van der Waals surface area contributed by atoms with Crippen LogP contribution in [-0.4, -0.2) is 19.5 Å². The van der Waals surface area contributed by atoms with Gasteiger partial charge in [0.1, 0.15) is 0 Å². The van der Waals surface area contributed by atoms with Crippen molar-refractivity contribution in [1.29, 1.82) is 0 Å². The lowest BCUT2D eigenvalue weighted by Gasteiger charge is -2.08. The number of carboxylic acids is 1. The molecule has 0 radical (unpaired) electrons. The van der Waals surface area contributed by atoms with Crippen LogP contribution in [0.25, 0.3) is 6.08 Å². The van der Waals surface area contributed by atoms with E-state index in [-0.39, 0.29) is 9.80 Å². The number of fused-ring (bicyclic) bond motifs is 1. The van der Waals surface area contributed by atoms with Crippen molar-refractivity contribution in [2.24, 2.45) is 5.92 Å². The monoisotopic (exact) mass is 316 g/mol. The van der Waals surface area contributed by atoms with Gasteiger partial charge in [-0.05, 0) is 40.6 Å². The van der Waals surface area contributed by atoms with Gasteiger partial charge in [0.2, 0.25) is 9.84 Å². The summed E-state index contributed by atoms with van der Waals surface area (Å²) in [5.41, 5.74) is 0.530. The van der Waals surface area contributed by atoms with Gasteiger partial charge < -0.3 is 5.11 Å². The molecule has 90 valence electrons. The van der Waals surface area contributed by atoms with Crippen LogP contribution in [0.1, 0.15) is 12.5 Å². The highest BCUT2D eigenvalue weighted by Crippen LogP contribution is 2.40. The molecule has 17 heavy (non-hydrogen) atoms. The van der Waals surface area contributed by atoms with Crippen LogP contribution < -0.4 is 0 Å². The highest BCUT2D eigenvalue weighted by molar-refractivity contribution is 9.10. The molecule has 0 amide bonds. The third kappa shape index (κ3) is 1.81. The molecule has 1 heterocycles. The van der Waals surface area contributed by atoms with Crippen LogP contribution in [0.5, 0.6) is 0 Å². The minimum Gasteiger partial charge on any atom is -0.481 e. The third-order valence-electron chi connectivity index (χ3n) is 2.67. The topological polar surface area (TPSA) is 71.4 Å². The Hall–Kier alpha value is -1.14. The quantitative estimate of drug-likeness (QED) is 0.908. The minimum atomic E-state index is -3.69. The smallest absolute Gasteiger partial charge is 0.311 e. The molecule has 0 aromatic heterocycles. The second-order valence-corrected chi connectivity index (χ2v) is 6.51. The summed E-state index contributed by atoms with van der Waals surface area (Å²) >= 11 is 3.18. The van der Waals surface area contributed by atoms with E-state index in [9.17, 15) is 13.2 Å². The standard InChI is InChI=1S/C11H9BrO4S/c1-6(11(13)14)9-5-7-3-2-4-8(12)10(7)17(9,15)16/h2-6H,1H3,(H,13,14). The molecular weight excluding hydrogens is 308 g/mol. The van der Waals surface area contributed by atoms with Crippen molar-refractivity contribution in [3.05, 3.63) is 33.1 Å². The van der Waals surface area contributed by atoms with Crippen LogP contribution in [0.2, 0.25) is 0 Å². The van der Waals surface area contributed by atoms with E-state index in [0.29, 0.717) is 10.0 Å². The van der Waals surface area contributed by atoms with E-state index in [1.807, 2.05) is 0 Å². The van der Waals surface area contributed by atoms with Crippen molar-refractivity contribution < 1.29 is 18.3 Å². The molecule has 0 saturated carbocycles. The number of hydrogen-bond donors (Lipinski definition) is 1. The predicted octanol–water partition coefficient (Wildman–Crippen LogP) is 2.30. The summed E-state index contributed by atoms with van der Waals surface area (Å²) < 4.78 is 24.8. The van der Waals surface area contributed by atoms with E-state index in [0.717, 1.165) is 0 Å². The van der Waals surface area contributed by atoms with Crippen molar-refractivity contribution >= 4 is 37.8 Å². The molecular formula is C11H9BrO4S. The molecule has 1 aromatic rings. The predicted molar refractivity (Wildman–Crippen MR) is 66.1 cm³/mol. The maximum absolute atomic E-state index is 12.2. The molecule has 2 rings (SSSR count). The summed E-state index contributed by atoms with van der Waals surface area (Å²) in [6.07, 6.45) is 1.42. The number of aliphatic carboxylic acids is 1. The Labute approximate surface area is 107 Å². The van der Waals surface area contributed by atoms with Crippen molar-refractivity contribution in [3.8, 4) is 0 Å². The Morgan fingerprint density at radius 2 is 2.06 bits per heavy atom. The zero-order chi connectivity index (χ0) is 12.8. The highest BCUT2D eigenvalue weighted by Gasteiger charge is 2.36. The zero-order valence-electron chi connectivity index (χ0n) is 8.84. The number of halogens is 1. The van der Waals surface area contributed by atoms with Crippen molar-refractivity contribution in [1.82, 2.24) is 0 Å². The zero-order valence-corrected chi connectivity index (χ0v) is 11.2. The fourth-order valence-electron chi connectivity index (χ4n) is 1.75. The first kappa shape index (κ1) is 12.3. The lowest BCUT2D eigenvalue weighted by molar-refractivity contribution is -0.139. The Morgan fingerprint density at radius 1 is 1.41 bits per heavy atom. The average molecular weight is 317 g/mol. The lowest BCUT2D eigenvalue weighted by atomic mass is 10.1. The van der Waals surface area contributed by atoms with E-state index in [4.69, 9.17) is 5.11 Å². The van der Waals surface area contributed by atoms with Gasteiger partial charge in [0, 0.05) is 4.47 Å². The molecule has 1 atom stereocenters. The Kier molecular flexibility index (Phi) is 2.87. The van der Waals surface area contributed by atoms with E-state index in [2.05, 4.69) is 15.9 Å². The lowest BCUT2D eigenvalue weighted by Crippen LogP contribution is -2.16. The molecule has 4 nitrogen and oxygen atoms in total. The fraction of sp³-hybridized carbons (Fsp3) is 0.182. The van der Waals surface area contributed by atoms with Crippen molar-refractivity contribution in [2.45, 2.75) is 11.8 Å². The SMILES string of the molecule is CC(C(=O)O)C1=Cc2cccc(Br)c2S1(=O)=O. The summed E-state index contributed by atoms with van der Waals surface area (Å²) in [4.78, 5) is 11.0. The molecule has 0 bridgehead atoms. The number of carbonyl (C=O) groups is 1. The Bertz CT molecular complexity index is 631. The molecule has 0 fully saturated rings. The van der Waals surface area contributed by atoms with E-state index >= 15 is 0 Å². The van der Waals surface area contributed by atoms with Crippen molar-refractivity contribution in [2.75, 3.05) is 0 Å². The molecule has 6 heteroatoms. The summed E-state index contributed by atoms with van der Waals surface area (Å²) in [5.74, 6) is -2.19. The Balaban J connectivity index is 2.66. The van der Waals surface area contributed by atoms with Crippen LogP contribution in [0.15, 0.2) is 32.5 Å². The first-order valence-corrected chi connectivity index (χ1v) is 7.11. The molecule has 0 aliphatic carbocycles. The van der Waals surface area contributed by atoms with Gasteiger partial charge in [-0.25, -0.2) is 8.42 Å². The highest BCUT2D eigenvalue weighted by atomic mass is 79.9. The van der Waals surface area contributed by atoms with Crippen LogP contribution in [0.3, 0.4) is 0 Å². The molecule has 1 aromatic carbocycles. The molecule has 1 N–H and O–H groups in total. The summed E-state index contributed by atoms with van der Waals surface area (Å²) in [7, 11) is -3.69. The van der Waals surface area contributed by atoms with Gasteiger partial charge in [-0.15, -0.1) is 0 Å². The number of carboxylic acid groups (broad SMARTS) is 1. The Morgan fingerprint density at radius 3 is 2.59 bits per heavy atom. The maximum Gasteiger partial charge on any atom is 0.311 e. The molecule has 1 unspecified atom stereocenters. The molecule has 1 aliphatic heterocycles. The van der Waals surface area contributed by atoms with Gasteiger partial charge in [-0.3, -0.25) is 4.79 Å². The van der Waals surface area contributed by atoms with Gasteiger partial charge in [-0.1, -0.05) is 12.1 Å². The molecule has 0 saturated heterocycles. The molecule has 1 aliphatic rings. The number of benzene rings is 1. The van der Waals surface area contributed by atoms with Gasteiger partial charge >= 0.3 is 5.97 Å². The van der Waals surface area contributed by atoms with Crippen LogP contribution in [-0.2, 0) is 14.6 Å². The van der Waals surface area contributed by atoms with Crippen LogP contribution in [0, 0.1) is 5.92 Å². The second-order valence-electron chi connectivity index (χ2n) is 3.77. The van der Waals surface area contributed by atoms with Gasteiger partial charge in [-0.2, -0.15) is 0 Å². The number of hydrogen-bond acceptors (Lipinski definition) is 3. The maximum atomic E-state index is 12.2. The first-order chi connectivity index (χ1) is 7.85. The number of rotatable bonds is 2. The largest absolute Gasteiger partial charge is 0.481 e. The van der Waals surface area contributed by atoms with E-state index in [1.165, 1.54) is 13.0 Å². The third-order valence-corrected chi connectivity index (χ3v) is 5.68. The van der Waals surface area contributed by atoms with Gasteiger partial charge in [0.25, 0.3) is 0 Å². The second kappa shape index (κ2) is 3.96. The fourth-order valence-corrected chi connectivity index (χ4v) is 4.62. The normalized spacial score (nSPS) is 18.4. The van der Waals surface area contributed by atoms with Gasteiger partial charge in [0.05, 0.1) is 15.7 Å². The van der Waals surface area contributed by atoms with Crippen LogP contribution >= 0.6 is 15.9 Å². The summed E-state index contributed by atoms with van der Waals surface area (Å²) in [6.45, 7) is 1.37. The first-order valence-electron chi connectivity index (χ1n) is 4.83. The minimum absolute atomic E-state index is 0.0631. The molecule has 0 spiro atoms.